The highest BCUT2D eigenvalue weighted by atomic mass is 16.7. The van der Waals surface area contributed by atoms with Crippen molar-refractivity contribution < 1.29 is 39.7 Å². The fourth-order valence-electron chi connectivity index (χ4n) is 2.33. The summed E-state index contributed by atoms with van der Waals surface area (Å²) in [6.07, 6.45) is -7.51. The maximum atomic E-state index is 9.97. The van der Waals surface area contributed by atoms with Crippen LogP contribution in [0.15, 0.2) is 18.2 Å². The van der Waals surface area contributed by atoms with Crippen molar-refractivity contribution in [2.75, 3.05) is 13.7 Å². The number of benzene rings is 1. The topological polar surface area (TPSA) is 129 Å². The molecule has 1 aliphatic heterocycles. The van der Waals surface area contributed by atoms with Crippen molar-refractivity contribution in [1.29, 1.82) is 0 Å². The van der Waals surface area contributed by atoms with Crippen LogP contribution in [0.2, 0.25) is 0 Å². The van der Waals surface area contributed by atoms with Crippen LogP contribution in [-0.2, 0) is 4.74 Å². The van der Waals surface area contributed by atoms with Crippen LogP contribution in [0.1, 0.15) is 18.6 Å². The maximum absolute atomic E-state index is 9.97. The van der Waals surface area contributed by atoms with E-state index in [1.54, 1.807) is 19.1 Å². The lowest BCUT2D eigenvalue weighted by molar-refractivity contribution is -0.277. The second-order valence-electron chi connectivity index (χ2n) is 5.40. The van der Waals surface area contributed by atoms with Gasteiger partial charge in [-0.1, -0.05) is 6.07 Å². The smallest absolute Gasteiger partial charge is 0.229 e. The second kappa shape index (κ2) is 7.43. The summed E-state index contributed by atoms with van der Waals surface area (Å²) in [5.74, 6) is 0.529. The Hall–Kier alpha value is -1.42. The van der Waals surface area contributed by atoms with E-state index in [-0.39, 0.29) is 5.75 Å². The van der Waals surface area contributed by atoms with E-state index >= 15 is 0 Å². The van der Waals surface area contributed by atoms with E-state index in [1.165, 1.54) is 13.2 Å². The van der Waals surface area contributed by atoms with E-state index in [1.807, 2.05) is 0 Å². The van der Waals surface area contributed by atoms with Crippen LogP contribution in [0, 0.1) is 0 Å². The molecule has 23 heavy (non-hydrogen) atoms. The standard InChI is InChI=1S/C15H22O8/c1-7(17)8-3-4-9(10(5-8)21-2)22-15-14(20)13(19)12(18)11(6-16)23-15/h3-5,7,11-20H,6H2,1-2H3. The van der Waals surface area contributed by atoms with Gasteiger partial charge in [0.2, 0.25) is 6.29 Å². The number of rotatable bonds is 5. The molecule has 1 aliphatic rings. The average molecular weight is 330 g/mol. The Bertz CT molecular complexity index is 518. The van der Waals surface area contributed by atoms with E-state index < -0.39 is 43.4 Å². The summed E-state index contributed by atoms with van der Waals surface area (Å²) < 4.78 is 16.0. The minimum absolute atomic E-state index is 0.223. The van der Waals surface area contributed by atoms with Crippen molar-refractivity contribution in [2.45, 2.75) is 43.7 Å². The Labute approximate surface area is 133 Å². The Kier molecular flexibility index (Phi) is 5.79. The number of aliphatic hydroxyl groups excluding tert-OH is 5. The third-order valence-corrected chi connectivity index (χ3v) is 3.76. The quantitative estimate of drug-likeness (QED) is 0.461. The molecule has 2 rings (SSSR count). The third kappa shape index (κ3) is 3.74. The summed E-state index contributed by atoms with van der Waals surface area (Å²) in [6.45, 7) is 1.07. The van der Waals surface area contributed by atoms with Gasteiger partial charge in [0, 0.05) is 0 Å². The van der Waals surface area contributed by atoms with E-state index in [0.717, 1.165) is 0 Å². The predicted molar refractivity (Wildman–Crippen MR) is 78.0 cm³/mol. The van der Waals surface area contributed by atoms with Gasteiger partial charge in [-0.3, -0.25) is 0 Å². The zero-order valence-electron chi connectivity index (χ0n) is 12.9. The number of ether oxygens (including phenoxy) is 3. The largest absolute Gasteiger partial charge is 0.493 e. The summed E-state index contributed by atoms with van der Waals surface area (Å²) in [6, 6.07) is 4.72. The zero-order valence-corrected chi connectivity index (χ0v) is 12.9. The Morgan fingerprint density at radius 3 is 2.39 bits per heavy atom. The van der Waals surface area contributed by atoms with Crippen LogP contribution in [0.25, 0.3) is 0 Å². The lowest BCUT2D eigenvalue weighted by Crippen LogP contribution is -2.60. The second-order valence-corrected chi connectivity index (χ2v) is 5.40. The highest BCUT2D eigenvalue weighted by molar-refractivity contribution is 5.43. The van der Waals surface area contributed by atoms with Gasteiger partial charge in [0.1, 0.15) is 24.4 Å². The van der Waals surface area contributed by atoms with Crippen molar-refractivity contribution >= 4 is 0 Å². The molecular formula is C15H22O8. The monoisotopic (exact) mass is 330 g/mol. The molecule has 8 heteroatoms. The lowest BCUT2D eigenvalue weighted by Gasteiger charge is -2.39. The highest BCUT2D eigenvalue weighted by Gasteiger charge is 2.44. The van der Waals surface area contributed by atoms with E-state index in [2.05, 4.69) is 0 Å². The molecule has 1 saturated heterocycles. The number of methoxy groups -OCH3 is 1. The van der Waals surface area contributed by atoms with Gasteiger partial charge in [-0.25, -0.2) is 0 Å². The fraction of sp³-hybridized carbons (Fsp3) is 0.600. The number of aliphatic hydroxyl groups is 5. The first-order valence-electron chi connectivity index (χ1n) is 7.22. The van der Waals surface area contributed by atoms with E-state index in [4.69, 9.17) is 19.3 Å². The first-order chi connectivity index (χ1) is 10.9. The molecule has 0 aliphatic carbocycles. The van der Waals surface area contributed by atoms with Crippen molar-refractivity contribution in [3.05, 3.63) is 23.8 Å². The van der Waals surface area contributed by atoms with Gasteiger partial charge < -0.3 is 39.7 Å². The van der Waals surface area contributed by atoms with Crippen molar-refractivity contribution in [3.8, 4) is 11.5 Å². The van der Waals surface area contributed by atoms with Crippen LogP contribution < -0.4 is 9.47 Å². The van der Waals surface area contributed by atoms with E-state index in [9.17, 15) is 20.4 Å². The fourth-order valence-corrected chi connectivity index (χ4v) is 2.33. The summed E-state index contributed by atoms with van der Waals surface area (Å²) in [5, 5.41) is 48.2. The summed E-state index contributed by atoms with van der Waals surface area (Å²) in [5.41, 5.74) is 0.614. The van der Waals surface area contributed by atoms with Gasteiger partial charge in [0.25, 0.3) is 0 Å². The molecule has 0 amide bonds. The molecule has 8 nitrogen and oxygen atoms in total. The van der Waals surface area contributed by atoms with E-state index in [0.29, 0.717) is 11.3 Å². The molecular weight excluding hydrogens is 308 g/mol. The van der Waals surface area contributed by atoms with Crippen LogP contribution in [0.5, 0.6) is 11.5 Å². The van der Waals surface area contributed by atoms with Crippen LogP contribution in [0.4, 0.5) is 0 Å². The van der Waals surface area contributed by atoms with Crippen molar-refractivity contribution in [3.63, 3.8) is 0 Å². The van der Waals surface area contributed by atoms with Crippen LogP contribution >= 0.6 is 0 Å². The SMILES string of the molecule is COc1cc(C(C)O)ccc1OC1OC(CO)C(O)C(O)C1O. The number of hydrogen-bond donors (Lipinski definition) is 5. The molecule has 0 spiro atoms. The molecule has 6 atom stereocenters. The molecule has 1 aromatic carbocycles. The first kappa shape index (κ1) is 17.9. The molecule has 0 saturated carbocycles. The van der Waals surface area contributed by atoms with Gasteiger partial charge in [0.15, 0.2) is 11.5 Å². The molecule has 0 bridgehead atoms. The minimum atomic E-state index is -1.52. The molecule has 5 N–H and O–H groups in total. The highest BCUT2D eigenvalue weighted by Crippen LogP contribution is 2.33. The number of hydrogen-bond acceptors (Lipinski definition) is 8. The predicted octanol–water partition coefficient (Wildman–Crippen LogP) is -1.07. The normalized spacial score (nSPS) is 32.4. The average Bonchev–Trinajstić information content (AvgIpc) is 2.55. The summed E-state index contributed by atoms with van der Waals surface area (Å²) >= 11 is 0. The summed E-state index contributed by atoms with van der Waals surface area (Å²) in [4.78, 5) is 0. The van der Waals surface area contributed by atoms with Gasteiger partial charge in [0.05, 0.1) is 19.8 Å². The van der Waals surface area contributed by atoms with Crippen LogP contribution in [0.3, 0.4) is 0 Å². The Balaban J connectivity index is 2.20. The molecule has 0 radical (unpaired) electrons. The maximum Gasteiger partial charge on any atom is 0.229 e. The summed E-state index contributed by atoms with van der Waals surface area (Å²) in [7, 11) is 1.42. The third-order valence-electron chi connectivity index (χ3n) is 3.76. The molecule has 130 valence electrons. The van der Waals surface area contributed by atoms with Gasteiger partial charge >= 0.3 is 0 Å². The van der Waals surface area contributed by atoms with Crippen molar-refractivity contribution in [2.24, 2.45) is 0 Å². The molecule has 1 aromatic rings. The minimum Gasteiger partial charge on any atom is -0.493 e. The lowest BCUT2D eigenvalue weighted by atomic mass is 9.99. The molecule has 0 aromatic heterocycles. The first-order valence-corrected chi connectivity index (χ1v) is 7.22. The molecule has 1 fully saturated rings. The Morgan fingerprint density at radius 1 is 1.13 bits per heavy atom. The van der Waals surface area contributed by atoms with Gasteiger partial charge in [-0.15, -0.1) is 0 Å². The molecule has 6 unspecified atom stereocenters. The van der Waals surface area contributed by atoms with Gasteiger partial charge in [-0.05, 0) is 24.6 Å². The molecule has 1 heterocycles. The van der Waals surface area contributed by atoms with Crippen molar-refractivity contribution in [1.82, 2.24) is 0 Å². The van der Waals surface area contributed by atoms with Gasteiger partial charge in [-0.2, -0.15) is 0 Å². The Morgan fingerprint density at radius 2 is 1.83 bits per heavy atom. The zero-order chi connectivity index (χ0) is 17.1. The van der Waals surface area contributed by atoms with Crippen LogP contribution in [-0.4, -0.2) is 70.0 Å².